The van der Waals surface area contributed by atoms with Crippen molar-refractivity contribution in [1.82, 2.24) is 14.7 Å². The number of nitrogens with one attached hydrogen (secondary N) is 2. The Morgan fingerprint density at radius 2 is 2.33 bits per heavy atom. The van der Waals surface area contributed by atoms with Gasteiger partial charge in [0.25, 0.3) is 10.0 Å². The fraction of sp³-hybridized carbons (Fsp3) is 0.727. The second-order valence-corrected chi connectivity index (χ2v) is 6.39. The summed E-state index contributed by atoms with van der Waals surface area (Å²) in [5, 5.41) is 9.73. The molecular weight excluding hydrogens is 254 g/mol. The van der Waals surface area contributed by atoms with Crippen LogP contribution in [0.25, 0.3) is 0 Å². The molecule has 1 aliphatic rings. The highest BCUT2D eigenvalue weighted by Gasteiger charge is 2.27. The Hall–Kier alpha value is -0.920. The van der Waals surface area contributed by atoms with Crippen LogP contribution in [0.2, 0.25) is 0 Å². The van der Waals surface area contributed by atoms with Crippen LogP contribution in [-0.4, -0.2) is 36.1 Å². The first kappa shape index (κ1) is 13.5. The van der Waals surface area contributed by atoms with E-state index < -0.39 is 10.0 Å². The molecule has 2 rings (SSSR count). The first-order valence-electron chi connectivity index (χ1n) is 6.24. The number of H-pyrrole nitrogens is 1. The molecule has 2 atom stereocenters. The molecule has 0 aliphatic heterocycles. The Morgan fingerprint density at radius 3 is 2.89 bits per heavy atom. The summed E-state index contributed by atoms with van der Waals surface area (Å²) in [6, 6.07) is 0. The van der Waals surface area contributed by atoms with Crippen LogP contribution in [0.3, 0.4) is 0 Å². The van der Waals surface area contributed by atoms with Gasteiger partial charge in [0.15, 0.2) is 5.03 Å². The SMILES string of the molecule is CCc1ncc(S(=O)(=O)NCC2CCCC2O)[nH]1. The van der Waals surface area contributed by atoms with Gasteiger partial charge >= 0.3 is 0 Å². The van der Waals surface area contributed by atoms with Gasteiger partial charge in [0.05, 0.1) is 12.3 Å². The van der Waals surface area contributed by atoms with E-state index in [2.05, 4.69) is 14.7 Å². The van der Waals surface area contributed by atoms with E-state index in [-0.39, 0.29) is 23.6 Å². The van der Waals surface area contributed by atoms with Gasteiger partial charge in [0, 0.05) is 13.0 Å². The summed E-state index contributed by atoms with van der Waals surface area (Å²) >= 11 is 0. The molecule has 0 saturated heterocycles. The standard InChI is InChI=1S/C11H19N3O3S/c1-2-10-12-7-11(14-10)18(16,17)13-6-8-4-3-5-9(8)15/h7-9,13,15H,2-6H2,1H3,(H,12,14). The first-order valence-corrected chi connectivity index (χ1v) is 7.73. The number of nitrogens with zero attached hydrogens (tertiary/aromatic N) is 1. The molecular formula is C11H19N3O3S. The number of aliphatic hydroxyl groups is 1. The summed E-state index contributed by atoms with van der Waals surface area (Å²) in [7, 11) is -3.54. The van der Waals surface area contributed by atoms with E-state index in [0.717, 1.165) is 19.3 Å². The first-order chi connectivity index (χ1) is 8.53. The van der Waals surface area contributed by atoms with Crippen LogP contribution in [0.4, 0.5) is 0 Å². The number of imidazole rings is 1. The highest BCUT2D eigenvalue weighted by Crippen LogP contribution is 2.25. The molecule has 6 nitrogen and oxygen atoms in total. The maximum absolute atomic E-state index is 12.0. The van der Waals surface area contributed by atoms with Gasteiger partial charge in [-0.1, -0.05) is 13.3 Å². The average molecular weight is 273 g/mol. The van der Waals surface area contributed by atoms with Crippen molar-refractivity contribution in [2.24, 2.45) is 5.92 Å². The molecule has 1 aromatic rings. The van der Waals surface area contributed by atoms with Gasteiger partial charge in [0.1, 0.15) is 5.82 Å². The zero-order valence-corrected chi connectivity index (χ0v) is 11.2. The minimum absolute atomic E-state index is 0.0216. The van der Waals surface area contributed by atoms with E-state index in [1.807, 2.05) is 6.92 Å². The lowest BCUT2D eigenvalue weighted by Crippen LogP contribution is -2.32. The van der Waals surface area contributed by atoms with Crippen molar-refractivity contribution >= 4 is 10.0 Å². The lowest BCUT2D eigenvalue weighted by molar-refractivity contribution is 0.134. The van der Waals surface area contributed by atoms with E-state index >= 15 is 0 Å². The quantitative estimate of drug-likeness (QED) is 0.724. The third-order valence-electron chi connectivity index (χ3n) is 3.38. The van der Waals surface area contributed by atoms with Gasteiger partial charge in [-0.25, -0.2) is 18.1 Å². The predicted molar refractivity (Wildman–Crippen MR) is 66.5 cm³/mol. The largest absolute Gasteiger partial charge is 0.393 e. The van der Waals surface area contributed by atoms with Crippen molar-refractivity contribution in [3.8, 4) is 0 Å². The van der Waals surface area contributed by atoms with Crippen molar-refractivity contribution in [3.63, 3.8) is 0 Å². The van der Waals surface area contributed by atoms with Crippen molar-refractivity contribution < 1.29 is 13.5 Å². The van der Waals surface area contributed by atoms with E-state index in [0.29, 0.717) is 12.2 Å². The minimum Gasteiger partial charge on any atom is -0.393 e. The van der Waals surface area contributed by atoms with Crippen LogP contribution in [0.15, 0.2) is 11.2 Å². The molecule has 0 spiro atoms. The third kappa shape index (κ3) is 2.90. The Bertz CT molecular complexity index is 497. The molecule has 1 saturated carbocycles. The fourth-order valence-corrected chi connectivity index (χ4v) is 3.24. The monoisotopic (exact) mass is 273 g/mol. The molecule has 1 fully saturated rings. The highest BCUT2D eigenvalue weighted by molar-refractivity contribution is 7.89. The number of sulfonamides is 1. The van der Waals surface area contributed by atoms with Crippen molar-refractivity contribution in [1.29, 1.82) is 0 Å². The predicted octanol–water partition coefficient (Wildman–Crippen LogP) is 0.411. The molecule has 0 aromatic carbocycles. The molecule has 2 unspecified atom stereocenters. The second-order valence-electron chi connectivity index (χ2n) is 4.66. The molecule has 1 aliphatic carbocycles. The number of aryl methyl sites for hydroxylation is 1. The minimum atomic E-state index is -3.54. The number of hydrogen-bond acceptors (Lipinski definition) is 4. The Kier molecular flexibility index (Phi) is 4.04. The molecule has 1 aromatic heterocycles. The molecule has 102 valence electrons. The third-order valence-corrected chi connectivity index (χ3v) is 4.72. The lowest BCUT2D eigenvalue weighted by Gasteiger charge is -2.14. The summed E-state index contributed by atoms with van der Waals surface area (Å²) < 4.78 is 26.4. The number of aromatic nitrogens is 2. The van der Waals surface area contributed by atoms with Crippen LogP contribution in [-0.2, 0) is 16.4 Å². The van der Waals surface area contributed by atoms with E-state index in [9.17, 15) is 13.5 Å². The molecule has 0 amide bonds. The van der Waals surface area contributed by atoms with E-state index in [4.69, 9.17) is 0 Å². The van der Waals surface area contributed by atoms with E-state index in [1.54, 1.807) is 0 Å². The smallest absolute Gasteiger partial charge is 0.257 e. The van der Waals surface area contributed by atoms with Gasteiger partial charge < -0.3 is 10.1 Å². The molecule has 1 heterocycles. The topological polar surface area (TPSA) is 95.1 Å². The number of aromatic amines is 1. The number of rotatable bonds is 5. The summed E-state index contributed by atoms with van der Waals surface area (Å²) in [5.41, 5.74) is 0. The zero-order valence-electron chi connectivity index (χ0n) is 10.4. The summed E-state index contributed by atoms with van der Waals surface area (Å²) in [5.74, 6) is 0.671. The van der Waals surface area contributed by atoms with Gasteiger partial charge in [-0.15, -0.1) is 0 Å². The maximum atomic E-state index is 12.0. The van der Waals surface area contributed by atoms with Crippen LogP contribution < -0.4 is 4.72 Å². The summed E-state index contributed by atoms with van der Waals surface area (Å²) in [4.78, 5) is 6.74. The zero-order chi connectivity index (χ0) is 13.2. The van der Waals surface area contributed by atoms with Gasteiger partial charge in [-0.2, -0.15) is 0 Å². The van der Waals surface area contributed by atoms with Crippen LogP contribution in [0, 0.1) is 5.92 Å². The van der Waals surface area contributed by atoms with Gasteiger partial charge in [-0.3, -0.25) is 0 Å². The Balaban J connectivity index is 1.98. The lowest BCUT2D eigenvalue weighted by atomic mass is 10.1. The van der Waals surface area contributed by atoms with Crippen molar-refractivity contribution in [3.05, 3.63) is 12.0 Å². The highest BCUT2D eigenvalue weighted by atomic mass is 32.2. The van der Waals surface area contributed by atoms with Crippen LogP contribution >= 0.6 is 0 Å². The molecule has 3 N–H and O–H groups in total. The van der Waals surface area contributed by atoms with Crippen molar-refractivity contribution in [2.75, 3.05) is 6.54 Å². The van der Waals surface area contributed by atoms with Gasteiger partial charge in [0.2, 0.25) is 0 Å². The summed E-state index contributed by atoms with van der Waals surface area (Å²) in [6.07, 6.45) is 4.19. The number of hydrogen-bond donors (Lipinski definition) is 3. The van der Waals surface area contributed by atoms with Gasteiger partial charge in [-0.05, 0) is 18.8 Å². The Morgan fingerprint density at radius 1 is 1.56 bits per heavy atom. The molecule has 0 radical (unpaired) electrons. The molecule has 18 heavy (non-hydrogen) atoms. The second kappa shape index (κ2) is 5.38. The normalized spacial score (nSPS) is 24.6. The summed E-state index contributed by atoms with van der Waals surface area (Å²) in [6.45, 7) is 2.18. The van der Waals surface area contributed by atoms with Crippen LogP contribution in [0.5, 0.6) is 0 Å². The van der Waals surface area contributed by atoms with Crippen LogP contribution in [0.1, 0.15) is 32.0 Å². The average Bonchev–Trinajstić information content (AvgIpc) is 2.95. The Labute approximate surface area is 107 Å². The number of aliphatic hydroxyl groups excluding tert-OH is 1. The maximum Gasteiger partial charge on any atom is 0.257 e. The van der Waals surface area contributed by atoms with E-state index in [1.165, 1.54) is 6.20 Å². The molecule has 0 bridgehead atoms. The van der Waals surface area contributed by atoms with Crippen molar-refractivity contribution in [2.45, 2.75) is 43.7 Å². The molecule has 7 heteroatoms. The fourth-order valence-electron chi connectivity index (χ4n) is 2.21.